The van der Waals surface area contributed by atoms with Crippen molar-refractivity contribution in [1.82, 2.24) is 0 Å². The van der Waals surface area contributed by atoms with Crippen LogP contribution in [0.15, 0.2) is 12.1 Å². The normalized spacial score (nSPS) is 9.71. The Labute approximate surface area is 99.1 Å². The van der Waals surface area contributed by atoms with Gasteiger partial charge in [0.2, 0.25) is 0 Å². The lowest BCUT2D eigenvalue weighted by molar-refractivity contribution is -0.385. The van der Waals surface area contributed by atoms with Crippen molar-refractivity contribution in [3.63, 3.8) is 0 Å². The predicted octanol–water partition coefficient (Wildman–Crippen LogP) is 2.66. The second kappa shape index (κ2) is 5.09. The lowest BCUT2D eigenvalue weighted by Gasteiger charge is -2.12. The molecule has 5 heteroatoms. The summed E-state index contributed by atoms with van der Waals surface area (Å²) in [6, 6.07) is 6.72. The lowest BCUT2D eigenvalue weighted by Crippen LogP contribution is -2.03. The molecule has 5 nitrogen and oxygen atoms in total. The highest BCUT2D eigenvalue weighted by Crippen LogP contribution is 2.30. The molecule has 0 aliphatic carbocycles. The van der Waals surface area contributed by atoms with E-state index in [9.17, 15) is 10.1 Å². The van der Waals surface area contributed by atoms with Gasteiger partial charge in [0.1, 0.15) is 11.6 Å². The SMILES string of the molecule is CC(C)c1c(CC#N)ccc([N+](=O)[O-])c1C#N. The first-order valence-electron chi connectivity index (χ1n) is 5.10. The van der Waals surface area contributed by atoms with Crippen molar-refractivity contribution in [2.45, 2.75) is 26.2 Å². The summed E-state index contributed by atoms with van der Waals surface area (Å²) in [6.07, 6.45) is 0.153. The summed E-state index contributed by atoms with van der Waals surface area (Å²) in [5, 5.41) is 28.6. The Balaban J connectivity index is 3.58. The van der Waals surface area contributed by atoms with Crippen LogP contribution in [0.3, 0.4) is 0 Å². The van der Waals surface area contributed by atoms with E-state index in [1.165, 1.54) is 6.07 Å². The fourth-order valence-electron chi connectivity index (χ4n) is 1.82. The zero-order valence-electron chi connectivity index (χ0n) is 9.60. The zero-order valence-corrected chi connectivity index (χ0v) is 9.60. The summed E-state index contributed by atoms with van der Waals surface area (Å²) >= 11 is 0. The van der Waals surface area contributed by atoms with E-state index in [-0.39, 0.29) is 23.6 Å². The molecule has 0 radical (unpaired) electrons. The van der Waals surface area contributed by atoms with Crippen LogP contribution < -0.4 is 0 Å². The fourth-order valence-corrected chi connectivity index (χ4v) is 1.82. The minimum atomic E-state index is -0.569. The summed E-state index contributed by atoms with van der Waals surface area (Å²) in [5.74, 6) is -0.0344. The highest BCUT2D eigenvalue weighted by atomic mass is 16.6. The first-order valence-corrected chi connectivity index (χ1v) is 5.10. The third-order valence-corrected chi connectivity index (χ3v) is 2.47. The molecule has 0 spiro atoms. The van der Waals surface area contributed by atoms with Crippen molar-refractivity contribution >= 4 is 5.69 Å². The van der Waals surface area contributed by atoms with Gasteiger partial charge in [0.05, 0.1) is 17.4 Å². The molecule has 0 bridgehead atoms. The molecular formula is C12H11N3O2. The average Bonchev–Trinajstić information content (AvgIpc) is 2.27. The van der Waals surface area contributed by atoms with Gasteiger partial charge in [-0.15, -0.1) is 0 Å². The summed E-state index contributed by atoms with van der Waals surface area (Å²) in [4.78, 5) is 10.2. The van der Waals surface area contributed by atoms with E-state index in [0.29, 0.717) is 11.1 Å². The second-order valence-electron chi connectivity index (χ2n) is 3.89. The average molecular weight is 229 g/mol. The lowest BCUT2D eigenvalue weighted by atomic mass is 9.90. The molecule has 1 aromatic rings. The highest BCUT2D eigenvalue weighted by molar-refractivity contribution is 5.57. The van der Waals surface area contributed by atoms with E-state index in [2.05, 4.69) is 0 Å². The van der Waals surface area contributed by atoms with Gasteiger partial charge in [-0.25, -0.2) is 0 Å². The van der Waals surface area contributed by atoms with Crippen LogP contribution in [0.1, 0.15) is 36.5 Å². The Morgan fingerprint density at radius 2 is 2.06 bits per heavy atom. The van der Waals surface area contributed by atoms with Crippen LogP contribution in [-0.4, -0.2) is 4.92 Å². The fraction of sp³-hybridized carbons (Fsp3) is 0.333. The number of benzene rings is 1. The maximum Gasteiger partial charge on any atom is 0.287 e. The monoisotopic (exact) mass is 229 g/mol. The van der Waals surface area contributed by atoms with Gasteiger partial charge in [0.15, 0.2) is 0 Å². The smallest absolute Gasteiger partial charge is 0.258 e. The first kappa shape index (κ1) is 12.7. The number of nitro groups is 1. The largest absolute Gasteiger partial charge is 0.287 e. The number of nitro benzene ring substituents is 1. The first-order chi connectivity index (χ1) is 8.02. The minimum absolute atomic E-state index is 0.0344. The van der Waals surface area contributed by atoms with Gasteiger partial charge in [-0.2, -0.15) is 10.5 Å². The molecular weight excluding hydrogens is 218 g/mol. The molecule has 1 aromatic carbocycles. The zero-order chi connectivity index (χ0) is 13.0. The molecule has 1 rings (SSSR count). The summed E-state index contributed by atoms with van der Waals surface area (Å²) < 4.78 is 0. The molecule has 0 aliphatic rings. The van der Waals surface area contributed by atoms with E-state index in [1.54, 1.807) is 6.07 Å². The summed E-state index contributed by atoms with van der Waals surface area (Å²) in [5.41, 5.74) is 1.16. The van der Waals surface area contributed by atoms with Crippen LogP contribution in [-0.2, 0) is 6.42 Å². The molecule has 0 aromatic heterocycles. The van der Waals surface area contributed by atoms with Gasteiger partial charge >= 0.3 is 0 Å². The van der Waals surface area contributed by atoms with Crippen LogP contribution in [0.5, 0.6) is 0 Å². The van der Waals surface area contributed by atoms with E-state index in [4.69, 9.17) is 10.5 Å². The van der Waals surface area contributed by atoms with Gasteiger partial charge in [0, 0.05) is 6.07 Å². The van der Waals surface area contributed by atoms with E-state index < -0.39 is 4.92 Å². The van der Waals surface area contributed by atoms with Crippen molar-refractivity contribution in [1.29, 1.82) is 10.5 Å². The van der Waals surface area contributed by atoms with Gasteiger partial charge < -0.3 is 0 Å². The Hall–Kier alpha value is -2.40. The van der Waals surface area contributed by atoms with E-state index >= 15 is 0 Å². The van der Waals surface area contributed by atoms with Gasteiger partial charge in [-0.3, -0.25) is 10.1 Å². The quantitative estimate of drug-likeness (QED) is 0.588. The Kier molecular flexibility index (Phi) is 3.79. The van der Waals surface area contributed by atoms with Crippen molar-refractivity contribution < 1.29 is 4.92 Å². The Morgan fingerprint density at radius 3 is 2.47 bits per heavy atom. The molecule has 0 amide bonds. The van der Waals surface area contributed by atoms with Crippen LogP contribution in [0.4, 0.5) is 5.69 Å². The van der Waals surface area contributed by atoms with Crippen LogP contribution in [0.25, 0.3) is 0 Å². The molecule has 0 heterocycles. The van der Waals surface area contributed by atoms with Gasteiger partial charge in [-0.1, -0.05) is 19.9 Å². The van der Waals surface area contributed by atoms with E-state index in [1.807, 2.05) is 26.0 Å². The molecule has 17 heavy (non-hydrogen) atoms. The maximum absolute atomic E-state index is 10.8. The maximum atomic E-state index is 10.8. The predicted molar refractivity (Wildman–Crippen MR) is 61.2 cm³/mol. The Bertz CT molecular complexity index is 536. The molecule has 0 saturated heterocycles. The van der Waals surface area contributed by atoms with Crippen LogP contribution >= 0.6 is 0 Å². The number of hydrogen-bond acceptors (Lipinski definition) is 4. The van der Waals surface area contributed by atoms with Crippen molar-refractivity contribution in [2.24, 2.45) is 0 Å². The number of nitrogens with zero attached hydrogens (tertiary/aromatic N) is 3. The molecule has 0 unspecified atom stereocenters. The molecule has 0 N–H and O–H groups in total. The van der Waals surface area contributed by atoms with Crippen LogP contribution in [0.2, 0.25) is 0 Å². The molecule has 86 valence electrons. The molecule has 0 atom stereocenters. The minimum Gasteiger partial charge on any atom is -0.258 e. The number of nitriles is 2. The van der Waals surface area contributed by atoms with Crippen LogP contribution in [0, 0.1) is 32.8 Å². The van der Waals surface area contributed by atoms with Crippen molar-refractivity contribution in [3.05, 3.63) is 38.9 Å². The second-order valence-corrected chi connectivity index (χ2v) is 3.89. The van der Waals surface area contributed by atoms with Gasteiger partial charge in [0.25, 0.3) is 5.69 Å². The standard InChI is InChI=1S/C12H11N3O2/c1-8(2)12-9(5-6-13)3-4-11(15(16)17)10(12)7-14/h3-4,8H,5H2,1-2H3. The topological polar surface area (TPSA) is 90.7 Å². The number of hydrogen-bond donors (Lipinski definition) is 0. The van der Waals surface area contributed by atoms with Gasteiger partial charge in [-0.05, 0) is 17.0 Å². The molecule has 0 saturated carbocycles. The van der Waals surface area contributed by atoms with E-state index in [0.717, 1.165) is 0 Å². The third-order valence-electron chi connectivity index (χ3n) is 2.47. The third kappa shape index (κ3) is 2.40. The Morgan fingerprint density at radius 1 is 1.41 bits per heavy atom. The molecule has 0 aliphatic heterocycles. The number of rotatable bonds is 3. The van der Waals surface area contributed by atoms with Crippen molar-refractivity contribution in [2.75, 3.05) is 0 Å². The highest BCUT2D eigenvalue weighted by Gasteiger charge is 2.22. The summed E-state index contributed by atoms with van der Waals surface area (Å²) in [6.45, 7) is 3.70. The van der Waals surface area contributed by atoms with Crippen molar-refractivity contribution in [3.8, 4) is 12.1 Å². The summed E-state index contributed by atoms with van der Waals surface area (Å²) in [7, 11) is 0. The molecule has 0 fully saturated rings.